The first-order chi connectivity index (χ1) is 16.5. The number of H-pyrrole nitrogens is 1. The standard InChI is InChI=1S/C27H31N5O2/c1-16-17(6-8-20-19-4-3-5-21(19)26(33)30-25(16)20)15-31-12-13-32(24-11-10-23(24)31)18-7-9-22(29-14-18)27(34)28-2/h6-9,14,23-24H,3-5,10-13,15H2,1-2H3,(H,28,34)(H,30,33)/t23-,24+/m0/s1. The van der Waals surface area contributed by atoms with E-state index in [1.54, 1.807) is 7.05 Å². The van der Waals surface area contributed by atoms with E-state index in [1.165, 1.54) is 34.9 Å². The van der Waals surface area contributed by atoms with Crippen LogP contribution in [0.1, 0.15) is 52.0 Å². The monoisotopic (exact) mass is 457 g/mol. The summed E-state index contributed by atoms with van der Waals surface area (Å²) in [6.45, 7) is 4.99. The van der Waals surface area contributed by atoms with Gasteiger partial charge in [0.25, 0.3) is 11.5 Å². The van der Waals surface area contributed by atoms with Crippen LogP contribution in [-0.2, 0) is 19.4 Å². The molecule has 3 aliphatic rings. The molecule has 0 unspecified atom stereocenters. The molecule has 176 valence electrons. The van der Waals surface area contributed by atoms with E-state index < -0.39 is 0 Å². The number of carbonyl (C=O) groups excluding carboxylic acids is 1. The van der Waals surface area contributed by atoms with Crippen LogP contribution < -0.4 is 15.8 Å². The van der Waals surface area contributed by atoms with E-state index in [1.807, 2.05) is 18.3 Å². The van der Waals surface area contributed by atoms with E-state index in [2.05, 4.69) is 44.1 Å². The molecular weight excluding hydrogens is 426 g/mol. The van der Waals surface area contributed by atoms with Crippen molar-refractivity contribution in [3.8, 4) is 0 Å². The van der Waals surface area contributed by atoms with Gasteiger partial charge in [-0.2, -0.15) is 0 Å². The molecule has 2 atom stereocenters. The molecular formula is C27H31N5O2. The van der Waals surface area contributed by atoms with Crippen molar-refractivity contribution >= 4 is 22.5 Å². The van der Waals surface area contributed by atoms with Crippen molar-refractivity contribution < 1.29 is 4.79 Å². The van der Waals surface area contributed by atoms with Crippen LogP contribution in [0.25, 0.3) is 10.9 Å². The minimum Gasteiger partial charge on any atom is -0.364 e. The second kappa shape index (κ2) is 8.24. The molecule has 34 heavy (non-hydrogen) atoms. The number of amides is 1. The number of fused-ring (bicyclic) bond motifs is 4. The van der Waals surface area contributed by atoms with Crippen molar-refractivity contribution in [1.82, 2.24) is 20.2 Å². The molecule has 1 aliphatic heterocycles. The lowest BCUT2D eigenvalue weighted by Crippen LogP contribution is -2.64. The summed E-state index contributed by atoms with van der Waals surface area (Å²) < 4.78 is 0. The fourth-order valence-electron chi connectivity index (χ4n) is 6.20. The lowest BCUT2D eigenvalue weighted by molar-refractivity contribution is 0.0658. The number of aromatic amines is 1. The molecule has 1 saturated carbocycles. The molecule has 0 radical (unpaired) electrons. The van der Waals surface area contributed by atoms with Crippen LogP contribution in [0.3, 0.4) is 0 Å². The first-order valence-corrected chi connectivity index (χ1v) is 12.4. The third kappa shape index (κ3) is 3.33. The van der Waals surface area contributed by atoms with Crippen molar-refractivity contribution in [2.24, 2.45) is 0 Å². The van der Waals surface area contributed by atoms with Crippen LogP contribution in [0.5, 0.6) is 0 Å². The molecule has 1 saturated heterocycles. The zero-order chi connectivity index (χ0) is 23.4. The maximum atomic E-state index is 12.6. The average Bonchev–Trinajstić information content (AvgIpc) is 3.33. The summed E-state index contributed by atoms with van der Waals surface area (Å²) in [5, 5.41) is 3.85. The van der Waals surface area contributed by atoms with E-state index >= 15 is 0 Å². The highest BCUT2D eigenvalue weighted by Gasteiger charge is 2.43. The lowest BCUT2D eigenvalue weighted by atomic mass is 9.81. The Morgan fingerprint density at radius 1 is 1.12 bits per heavy atom. The van der Waals surface area contributed by atoms with Gasteiger partial charge >= 0.3 is 0 Å². The molecule has 0 spiro atoms. The number of hydrogen-bond acceptors (Lipinski definition) is 5. The third-order valence-corrected chi connectivity index (χ3v) is 8.25. The zero-order valence-electron chi connectivity index (χ0n) is 19.9. The van der Waals surface area contributed by atoms with Crippen molar-refractivity contribution in [2.75, 3.05) is 25.0 Å². The summed E-state index contributed by atoms with van der Waals surface area (Å²) in [7, 11) is 1.62. The van der Waals surface area contributed by atoms with Crippen LogP contribution in [0, 0.1) is 6.92 Å². The number of nitrogens with zero attached hydrogens (tertiary/aromatic N) is 3. The lowest BCUT2D eigenvalue weighted by Gasteiger charge is -2.55. The fraction of sp³-hybridized carbons (Fsp3) is 0.444. The average molecular weight is 458 g/mol. The van der Waals surface area contributed by atoms with Crippen molar-refractivity contribution in [3.05, 3.63) is 68.8 Å². The third-order valence-electron chi connectivity index (χ3n) is 8.25. The minimum atomic E-state index is -0.157. The Balaban J connectivity index is 1.22. The number of aryl methyl sites for hydroxylation is 2. The molecule has 3 heterocycles. The van der Waals surface area contributed by atoms with Gasteiger partial charge in [-0.15, -0.1) is 0 Å². The molecule has 7 nitrogen and oxygen atoms in total. The van der Waals surface area contributed by atoms with Crippen molar-refractivity contribution in [3.63, 3.8) is 0 Å². The Labute approximate surface area is 199 Å². The highest BCUT2D eigenvalue weighted by atomic mass is 16.1. The van der Waals surface area contributed by atoms with Gasteiger partial charge in [0.1, 0.15) is 5.69 Å². The second-order valence-electron chi connectivity index (χ2n) is 9.89. The van der Waals surface area contributed by atoms with Gasteiger partial charge < -0.3 is 15.2 Å². The number of nitrogens with one attached hydrogen (secondary N) is 2. The highest BCUT2D eigenvalue weighted by molar-refractivity contribution is 5.92. The van der Waals surface area contributed by atoms with Gasteiger partial charge in [-0.25, -0.2) is 4.98 Å². The van der Waals surface area contributed by atoms with Crippen molar-refractivity contribution in [2.45, 2.75) is 57.7 Å². The Bertz CT molecular complexity index is 1330. The predicted octanol–water partition coefficient (Wildman–Crippen LogP) is 2.93. The summed E-state index contributed by atoms with van der Waals surface area (Å²) in [5.74, 6) is -0.157. The van der Waals surface area contributed by atoms with Crippen LogP contribution in [0.15, 0.2) is 35.3 Å². The number of carbonyl (C=O) groups is 1. The molecule has 1 amide bonds. The Kier molecular flexibility index (Phi) is 5.17. The quantitative estimate of drug-likeness (QED) is 0.630. The van der Waals surface area contributed by atoms with Gasteiger partial charge in [0.2, 0.25) is 0 Å². The molecule has 6 rings (SSSR count). The maximum Gasteiger partial charge on any atom is 0.269 e. The number of aromatic nitrogens is 2. The molecule has 2 N–H and O–H groups in total. The largest absolute Gasteiger partial charge is 0.364 e. The summed E-state index contributed by atoms with van der Waals surface area (Å²) in [6.07, 6.45) is 7.20. The normalized spacial score (nSPS) is 21.8. The maximum absolute atomic E-state index is 12.6. The smallest absolute Gasteiger partial charge is 0.269 e. The topological polar surface area (TPSA) is 81.3 Å². The molecule has 7 heteroatoms. The van der Waals surface area contributed by atoms with E-state index in [0.717, 1.165) is 55.7 Å². The first kappa shape index (κ1) is 21.4. The summed E-state index contributed by atoms with van der Waals surface area (Å²) in [6, 6.07) is 9.32. The van der Waals surface area contributed by atoms with Gasteiger partial charge in [0.05, 0.1) is 17.4 Å². The Morgan fingerprint density at radius 2 is 1.94 bits per heavy atom. The fourth-order valence-corrected chi connectivity index (χ4v) is 6.20. The number of rotatable bonds is 4. The van der Waals surface area contributed by atoms with Crippen LogP contribution in [0.2, 0.25) is 0 Å². The van der Waals surface area contributed by atoms with E-state index in [4.69, 9.17) is 0 Å². The summed E-state index contributed by atoms with van der Waals surface area (Å²) in [5.41, 5.74) is 7.43. The Hall–Kier alpha value is -3.19. The van der Waals surface area contributed by atoms with Crippen molar-refractivity contribution in [1.29, 1.82) is 0 Å². The zero-order valence-corrected chi connectivity index (χ0v) is 19.9. The molecule has 3 aromatic rings. The number of anilines is 1. The number of piperazine rings is 1. The van der Waals surface area contributed by atoms with Gasteiger partial charge in [0.15, 0.2) is 0 Å². The molecule has 2 aromatic heterocycles. The predicted molar refractivity (Wildman–Crippen MR) is 134 cm³/mol. The van der Waals surface area contributed by atoms with Gasteiger partial charge in [-0.3, -0.25) is 14.5 Å². The van der Waals surface area contributed by atoms with E-state index in [0.29, 0.717) is 17.8 Å². The number of benzene rings is 1. The highest BCUT2D eigenvalue weighted by Crippen LogP contribution is 2.38. The van der Waals surface area contributed by atoms with Crippen LogP contribution in [-0.4, -0.2) is 53.0 Å². The number of pyridine rings is 2. The van der Waals surface area contributed by atoms with E-state index in [-0.39, 0.29) is 11.5 Å². The van der Waals surface area contributed by atoms with E-state index in [9.17, 15) is 9.59 Å². The number of hydrogen-bond donors (Lipinski definition) is 2. The molecule has 0 bridgehead atoms. The summed E-state index contributed by atoms with van der Waals surface area (Å²) >= 11 is 0. The Morgan fingerprint density at radius 3 is 2.68 bits per heavy atom. The molecule has 2 fully saturated rings. The van der Waals surface area contributed by atoms with Crippen LogP contribution in [0.4, 0.5) is 5.69 Å². The summed E-state index contributed by atoms with van der Waals surface area (Å²) in [4.78, 5) is 37.1. The SMILES string of the molecule is CNC(=O)c1ccc(N2CCN(Cc3ccc4c5c(c(=O)[nH]c4c3C)CCC5)[C@H]3CC[C@H]32)cn1. The molecule has 2 aliphatic carbocycles. The van der Waals surface area contributed by atoms with Gasteiger partial charge in [-0.1, -0.05) is 12.1 Å². The molecule has 1 aromatic carbocycles. The van der Waals surface area contributed by atoms with Gasteiger partial charge in [0, 0.05) is 49.7 Å². The second-order valence-corrected chi connectivity index (χ2v) is 9.89. The van der Waals surface area contributed by atoms with Crippen LogP contribution >= 0.6 is 0 Å². The first-order valence-electron chi connectivity index (χ1n) is 12.4. The van der Waals surface area contributed by atoms with Gasteiger partial charge in [-0.05, 0) is 67.9 Å². The minimum absolute atomic E-state index is 0.101.